The molecule has 0 aliphatic carbocycles. The number of fused-ring (bicyclic) bond motifs is 1. The van der Waals surface area contributed by atoms with Gasteiger partial charge < -0.3 is 5.11 Å². The van der Waals surface area contributed by atoms with Gasteiger partial charge in [0.25, 0.3) is 0 Å². The minimum absolute atomic E-state index is 0.479. The molecule has 104 valence electrons. The maximum absolute atomic E-state index is 10.4. The topological polar surface area (TPSA) is 20.2 Å². The van der Waals surface area contributed by atoms with Gasteiger partial charge in [-0.2, -0.15) is 0 Å². The van der Waals surface area contributed by atoms with Crippen molar-refractivity contribution in [3.05, 3.63) is 48.0 Å². The Labute approximate surface area is 121 Å². The summed E-state index contributed by atoms with van der Waals surface area (Å²) in [5, 5.41) is 12.7. The molecule has 1 N–H and O–H groups in total. The molecule has 0 spiro atoms. The number of hydrogen-bond acceptors (Lipinski definition) is 1. The Morgan fingerprint density at radius 2 is 1.85 bits per heavy atom. The van der Waals surface area contributed by atoms with Crippen LogP contribution in [0.1, 0.15) is 39.2 Å². The quantitative estimate of drug-likeness (QED) is 0.817. The maximum atomic E-state index is 10.4. The van der Waals surface area contributed by atoms with Crippen molar-refractivity contribution in [2.24, 2.45) is 5.92 Å². The van der Waals surface area contributed by atoms with Crippen LogP contribution in [0.5, 0.6) is 0 Å². The Balaban J connectivity index is 2.31. The van der Waals surface area contributed by atoms with Crippen LogP contribution in [0, 0.1) is 17.8 Å². The lowest BCUT2D eigenvalue weighted by atomic mass is 9.91. The fourth-order valence-corrected chi connectivity index (χ4v) is 2.41. The van der Waals surface area contributed by atoms with Crippen LogP contribution in [0.2, 0.25) is 0 Å². The molecule has 2 atom stereocenters. The Hall–Kier alpha value is -1.78. The van der Waals surface area contributed by atoms with Gasteiger partial charge in [-0.1, -0.05) is 68.5 Å². The Morgan fingerprint density at radius 3 is 2.60 bits per heavy atom. The van der Waals surface area contributed by atoms with Crippen molar-refractivity contribution in [1.82, 2.24) is 0 Å². The molecule has 0 fully saturated rings. The molecule has 2 aromatic rings. The first-order chi connectivity index (χ1) is 9.52. The zero-order valence-electron chi connectivity index (χ0n) is 12.5. The highest BCUT2D eigenvalue weighted by Crippen LogP contribution is 2.20. The highest BCUT2D eigenvalue weighted by molar-refractivity contribution is 5.88. The molecule has 20 heavy (non-hydrogen) atoms. The predicted octanol–water partition coefficient (Wildman–Crippen LogP) is 4.38. The van der Waals surface area contributed by atoms with E-state index in [1.165, 1.54) is 5.39 Å². The van der Waals surface area contributed by atoms with Gasteiger partial charge in [0, 0.05) is 5.56 Å². The minimum atomic E-state index is -0.924. The summed E-state index contributed by atoms with van der Waals surface area (Å²) in [5.74, 6) is 6.67. The smallest absolute Gasteiger partial charge is 0.123 e. The van der Waals surface area contributed by atoms with Crippen molar-refractivity contribution in [1.29, 1.82) is 0 Å². The van der Waals surface area contributed by atoms with E-state index in [0.717, 1.165) is 17.4 Å². The Morgan fingerprint density at radius 1 is 1.15 bits per heavy atom. The van der Waals surface area contributed by atoms with Crippen molar-refractivity contribution in [3.8, 4) is 11.8 Å². The summed E-state index contributed by atoms with van der Waals surface area (Å²) >= 11 is 0. The summed E-state index contributed by atoms with van der Waals surface area (Å²) in [6.45, 7) is 6.09. The summed E-state index contributed by atoms with van der Waals surface area (Å²) in [4.78, 5) is 0. The molecule has 1 nitrogen and oxygen atoms in total. The molecular formula is C19H22O. The van der Waals surface area contributed by atoms with E-state index >= 15 is 0 Å². The average Bonchev–Trinajstić information content (AvgIpc) is 2.44. The molecule has 2 rings (SSSR count). The van der Waals surface area contributed by atoms with E-state index in [0.29, 0.717) is 12.3 Å². The molecule has 0 heterocycles. The van der Waals surface area contributed by atoms with E-state index in [1.54, 1.807) is 6.92 Å². The summed E-state index contributed by atoms with van der Waals surface area (Å²) in [7, 11) is 0. The largest absolute Gasteiger partial charge is 0.378 e. The third-order valence-corrected chi connectivity index (χ3v) is 3.70. The van der Waals surface area contributed by atoms with Crippen molar-refractivity contribution >= 4 is 10.8 Å². The summed E-state index contributed by atoms with van der Waals surface area (Å²) in [6, 6.07) is 14.3. The maximum Gasteiger partial charge on any atom is 0.123 e. The predicted molar refractivity (Wildman–Crippen MR) is 85.5 cm³/mol. The van der Waals surface area contributed by atoms with Crippen LogP contribution in [0.4, 0.5) is 0 Å². The van der Waals surface area contributed by atoms with Crippen molar-refractivity contribution in [2.45, 2.75) is 39.2 Å². The van der Waals surface area contributed by atoms with Gasteiger partial charge in [-0.05, 0) is 36.1 Å². The lowest BCUT2D eigenvalue weighted by Crippen LogP contribution is -2.24. The highest BCUT2D eigenvalue weighted by Gasteiger charge is 2.19. The SMILES string of the molecule is CCC(C)CC(C)(O)C#Cc1cccc2ccccc12. The summed E-state index contributed by atoms with van der Waals surface area (Å²) in [6.07, 6.45) is 1.77. The molecular weight excluding hydrogens is 244 g/mol. The molecule has 0 aliphatic rings. The van der Waals surface area contributed by atoms with Crippen LogP contribution < -0.4 is 0 Å². The summed E-state index contributed by atoms with van der Waals surface area (Å²) < 4.78 is 0. The Kier molecular flexibility index (Phi) is 4.47. The van der Waals surface area contributed by atoms with E-state index in [2.05, 4.69) is 43.9 Å². The van der Waals surface area contributed by atoms with E-state index in [9.17, 15) is 5.11 Å². The van der Waals surface area contributed by atoms with Crippen molar-refractivity contribution < 1.29 is 5.11 Å². The molecule has 2 unspecified atom stereocenters. The first-order valence-electron chi connectivity index (χ1n) is 7.25. The van der Waals surface area contributed by atoms with Gasteiger partial charge in [-0.3, -0.25) is 0 Å². The number of hydrogen-bond donors (Lipinski definition) is 1. The first kappa shape index (κ1) is 14.6. The molecule has 0 saturated carbocycles. The fraction of sp³-hybridized carbons (Fsp3) is 0.368. The molecule has 1 heteroatoms. The van der Waals surface area contributed by atoms with Crippen LogP contribution in [0.15, 0.2) is 42.5 Å². The van der Waals surface area contributed by atoms with E-state index < -0.39 is 5.60 Å². The molecule has 0 bridgehead atoms. The average molecular weight is 266 g/mol. The second-order valence-electron chi connectivity index (χ2n) is 5.77. The van der Waals surface area contributed by atoms with Gasteiger partial charge in [0.1, 0.15) is 5.60 Å². The van der Waals surface area contributed by atoms with Gasteiger partial charge in [0.2, 0.25) is 0 Å². The monoisotopic (exact) mass is 266 g/mol. The van der Waals surface area contributed by atoms with Crippen LogP contribution in [0.25, 0.3) is 10.8 Å². The van der Waals surface area contributed by atoms with E-state index in [-0.39, 0.29) is 0 Å². The Bertz CT molecular complexity index is 638. The van der Waals surface area contributed by atoms with Crippen molar-refractivity contribution in [3.63, 3.8) is 0 Å². The first-order valence-corrected chi connectivity index (χ1v) is 7.25. The minimum Gasteiger partial charge on any atom is -0.378 e. The third kappa shape index (κ3) is 3.62. The molecule has 0 amide bonds. The second kappa shape index (κ2) is 6.11. The molecule has 0 aliphatic heterocycles. The standard InChI is InChI=1S/C19H22O/c1-4-15(2)14-19(3,20)13-12-17-10-7-9-16-8-5-6-11-18(16)17/h5-11,15,20H,4,14H2,1-3H3. The zero-order chi connectivity index (χ0) is 14.6. The van der Waals surface area contributed by atoms with Gasteiger partial charge in [0.15, 0.2) is 0 Å². The zero-order valence-corrected chi connectivity index (χ0v) is 12.5. The van der Waals surface area contributed by atoms with Crippen LogP contribution in [-0.4, -0.2) is 10.7 Å². The third-order valence-electron chi connectivity index (χ3n) is 3.70. The van der Waals surface area contributed by atoms with Crippen LogP contribution in [0.3, 0.4) is 0 Å². The number of aliphatic hydroxyl groups is 1. The molecule has 2 aromatic carbocycles. The van der Waals surface area contributed by atoms with Gasteiger partial charge in [0.05, 0.1) is 0 Å². The highest BCUT2D eigenvalue weighted by atomic mass is 16.3. The van der Waals surface area contributed by atoms with E-state index in [1.807, 2.05) is 24.3 Å². The number of rotatable bonds is 3. The fourth-order valence-electron chi connectivity index (χ4n) is 2.41. The van der Waals surface area contributed by atoms with E-state index in [4.69, 9.17) is 0 Å². The molecule has 0 radical (unpaired) electrons. The number of benzene rings is 2. The second-order valence-corrected chi connectivity index (χ2v) is 5.77. The normalized spacial score (nSPS) is 15.2. The van der Waals surface area contributed by atoms with Gasteiger partial charge >= 0.3 is 0 Å². The van der Waals surface area contributed by atoms with Gasteiger partial charge in [-0.25, -0.2) is 0 Å². The van der Waals surface area contributed by atoms with Gasteiger partial charge in [-0.15, -0.1) is 0 Å². The van der Waals surface area contributed by atoms with Crippen LogP contribution >= 0.6 is 0 Å². The van der Waals surface area contributed by atoms with Crippen molar-refractivity contribution in [2.75, 3.05) is 0 Å². The van der Waals surface area contributed by atoms with Crippen LogP contribution in [-0.2, 0) is 0 Å². The lowest BCUT2D eigenvalue weighted by Gasteiger charge is -2.20. The molecule has 0 saturated heterocycles. The molecule has 0 aromatic heterocycles. The lowest BCUT2D eigenvalue weighted by molar-refractivity contribution is 0.0939. The summed E-state index contributed by atoms with van der Waals surface area (Å²) in [5.41, 5.74) is 0.0550.